The van der Waals surface area contributed by atoms with E-state index in [-0.39, 0.29) is 11.9 Å². The lowest BCUT2D eigenvalue weighted by atomic mass is 10.2. The lowest BCUT2D eigenvalue weighted by Crippen LogP contribution is -2.39. The Morgan fingerprint density at radius 3 is 2.45 bits per heavy atom. The number of nitrogens with zero attached hydrogens (tertiary/aromatic N) is 1. The number of nitrogens with one attached hydrogen (secondary N) is 2. The molecule has 20 heavy (non-hydrogen) atoms. The molecule has 0 saturated heterocycles. The van der Waals surface area contributed by atoms with Gasteiger partial charge in [-0.1, -0.05) is 32.0 Å². The molecule has 112 valence electrons. The van der Waals surface area contributed by atoms with Crippen LogP contribution in [-0.4, -0.2) is 43.0 Å². The number of hydrogen-bond donors (Lipinski definition) is 2. The number of hydrogen-bond acceptors (Lipinski definition) is 3. The number of para-hydroxylation sites is 1. The Morgan fingerprint density at radius 2 is 1.85 bits per heavy atom. The van der Waals surface area contributed by atoms with Crippen molar-refractivity contribution in [2.24, 2.45) is 0 Å². The van der Waals surface area contributed by atoms with Gasteiger partial charge in [-0.05, 0) is 51.7 Å². The molecule has 0 aliphatic heterocycles. The average Bonchev–Trinajstić information content (AvgIpc) is 2.48. The summed E-state index contributed by atoms with van der Waals surface area (Å²) in [5.41, 5.74) is 0.842. The van der Waals surface area contributed by atoms with Gasteiger partial charge in [0.25, 0.3) is 0 Å². The molecule has 0 saturated carbocycles. The van der Waals surface area contributed by atoms with Crippen LogP contribution in [0, 0.1) is 0 Å². The SMILES string of the molecule is CCN(CC)CCCNC(C)C(=O)Nc1ccccc1. The molecule has 0 aromatic heterocycles. The predicted molar refractivity (Wildman–Crippen MR) is 84.9 cm³/mol. The second-order valence-corrected chi connectivity index (χ2v) is 4.91. The Balaban J connectivity index is 2.22. The zero-order valence-electron chi connectivity index (χ0n) is 12.9. The first-order valence-corrected chi connectivity index (χ1v) is 7.49. The highest BCUT2D eigenvalue weighted by Gasteiger charge is 2.11. The van der Waals surface area contributed by atoms with Gasteiger partial charge in [0.15, 0.2) is 0 Å². The summed E-state index contributed by atoms with van der Waals surface area (Å²) >= 11 is 0. The first kappa shape index (κ1) is 16.7. The van der Waals surface area contributed by atoms with Gasteiger partial charge in [-0.3, -0.25) is 4.79 Å². The molecule has 4 heteroatoms. The van der Waals surface area contributed by atoms with Crippen molar-refractivity contribution in [1.82, 2.24) is 10.2 Å². The number of carbonyl (C=O) groups excluding carboxylic acids is 1. The second-order valence-electron chi connectivity index (χ2n) is 4.91. The van der Waals surface area contributed by atoms with Crippen molar-refractivity contribution in [3.63, 3.8) is 0 Å². The van der Waals surface area contributed by atoms with E-state index in [1.54, 1.807) is 0 Å². The molecule has 0 bridgehead atoms. The summed E-state index contributed by atoms with van der Waals surface area (Å²) in [6.45, 7) is 10.4. The van der Waals surface area contributed by atoms with Crippen LogP contribution in [0.5, 0.6) is 0 Å². The molecule has 1 atom stereocenters. The summed E-state index contributed by atoms with van der Waals surface area (Å²) in [7, 11) is 0. The molecule has 0 heterocycles. The predicted octanol–water partition coefficient (Wildman–Crippen LogP) is 2.34. The Morgan fingerprint density at radius 1 is 1.20 bits per heavy atom. The third-order valence-electron chi connectivity index (χ3n) is 3.43. The number of benzene rings is 1. The van der Waals surface area contributed by atoms with Gasteiger partial charge in [-0.15, -0.1) is 0 Å². The Bertz CT molecular complexity index is 377. The number of carbonyl (C=O) groups is 1. The van der Waals surface area contributed by atoms with Gasteiger partial charge in [0.05, 0.1) is 6.04 Å². The lowest BCUT2D eigenvalue weighted by Gasteiger charge is -2.19. The van der Waals surface area contributed by atoms with Crippen molar-refractivity contribution < 1.29 is 4.79 Å². The highest BCUT2D eigenvalue weighted by Crippen LogP contribution is 2.05. The van der Waals surface area contributed by atoms with Gasteiger partial charge in [0, 0.05) is 5.69 Å². The topological polar surface area (TPSA) is 44.4 Å². The van der Waals surface area contributed by atoms with Gasteiger partial charge >= 0.3 is 0 Å². The van der Waals surface area contributed by atoms with Crippen molar-refractivity contribution >= 4 is 11.6 Å². The van der Waals surface area contributed by atoms with Crippen molar-refractivity contribution in [3.05, 3.63) is 30.3 Å². The average molecular weight is 277 g/mol. The quantitative estimate of drug-likeness (QED) is 0.681. The van der Waals surface area contributed by atoms with Crippen LogP contribution >= 0.6 is 0 Å². The van der Waals surface area contributed by atoms with Gasteiger partial charge in [-0.25, -0.2) is 0 Å². The first-order valence-electron chi connectivity index (χ1n) is 7.49. The second kappa shape index (κ2) is 9.50. The summed E-state index contributed by atoms with van der Waals surface area (Å²) in [5.74, 6) is 0.0130. The molecule has 1 unspecified atom stereocenters. The van der Waals surface area contributed by atoms with Gasteiger partial charge in [0.1, 0.15) is 0 Å². The molecule has 0 radical (unpaired) electrons. The number of rotatable bonds is 9. The molecule has 0 fully saturated rings. The standard InChI is InChI=1S/C16H27N3O/c1-4-19(5-2)13-9-12-17-14(3)16(20)18-15-10-7-6-8-11-15/h6-8,10-11,14,17H,4-5,9,12-13H2,1-3H3,(H,18,20). The van der Waals surface area contributed by atoms with E-state index in [4.69, 9.17) is 0 Å². The first-order chi connectivity index (χ1) is 9.67. The van der Waals surface area contributed by atoms with Crippen LogP contribution in [0.15, 0.2) is 30.3 Å². The third kappa shape index (κ3) is 6.17. The maximum atomic E-state index is 12.0. The lowest BCUT2D eigenvalue weighted by molar-refractivity contribution is -0.117. The van der Waals surface area contributed by atoms with E-state index in [2.05, 4.69) is 29.4 Å². The molecular weight excluding hydrogens is 250 g/mol. The maximum absolute atomic E-state index is 12.0. The van der Waals surface area contributed by atoms with Crippen LogP contribution in [0.2, 0.25) is 0 Å². The van der Waals surface area contributed by atoms with Crippen molar-refractivity contribution in [2.45, 2.75) is 33.2 Å². The largest absolute Gasteiger partial charge is 0.325 e. The number of anilines is 1. The van der Waals surface area contributed by atoms with E-state index in [1.807, 2.05) is 37.3 Å². The zero-order valence-corrected chi connectivity index (χ0v) is 12.9. The minimum Gasteiger partial charge on any atom is -0.325 e. The zero-order chi connectivity index (χ0) is 14.8. The summed E-state index contributed by atoms with van der Waals surface area (Å²) in [6, 6.07) is 9.38. The minimum absolute atomic E-state index is 0.0130. The van der Waals surface area contributed by atoms with E-state index in [0.717, 1.165) is 38.3 Å². The highest BCUT2D eigenvalue weighted by atomic mass is 16.2. The monoisotopic (exact) mass is 277 g/mol. The van der Waals surface area contributed by atoms with Crippen LogP contribution in [0.1, 0.15) is 27.2 Å². The van der Waals surface area contributed by atoms with Crippen LogP contribution < -0.4 is 10.6 Å². The van der Waals surface area contributed by atoms with Crippen molar-refractivity contribution in [3.8, 4) is 0 Å². The molecule has 1 rings (SSSR count). The maximum Gasteiger partial charge on any atom is 0.241 e. The molecule has 0 aliphatic rings. The summed E-state index contributed by atoms with van der Waals surface area (Å²) < 4.78 is 0. The Hall–Kier alpha value is -1.39. The number of amides is 1. The fraction of sp³-hybridized carbons (Fsp3) is 0.562. The van der Waals surface area contributed by atoms with Crippen LogP contribution in [-0.2, 0) is 4.79 Å². The molecule has 2 N–H and O–H groups in total. The van der Waals surface area contributed by atoms with E-state index >= 15 is 0 Å². The van der Waals surface area contributed by atoms with Crippen LogP contribution in [0.4, 0.5) is 5.69 Å². The molecular formula is C16H27N3O. The Labute approximate surface area is 122 Å². The van der Waals surface area contributed by atoms with Gasteiger partial charge < -0.3 is 15.5 Å². The van der Waals surface area contributed by atoms with E-state index in [0.29, 0.717) is 0 Å². The van der Waals surface area contributed by atoms with E-state index < -0.39 is 0 Å². The third-order valence-corrected chi connectivity index (χ3v) is 3.43. The molecule has 4 nitrogen and oxygen atoms in total. The molecule has 1 amide bonds. The van der Waals surface area contributed by atoms with Crippen LogP contribution in [0.3, 0.4) is 0 Å². The fourth-order valence-corrected chi connectivity index (χ4v) is 2.03. The summed E-state index contributed by atoms with van der Waals surface area (Å²) in [5, 5.41) is 6.17. The van der Waals surface area contributed by atoms with Gasteiger partial charge in [-0.2, -0.15) is 0 Å². The summed E-state index contributed by atoms with van der Waals surface area (Å²) in [6.07, 6.45) is 1.06. The van der Waals surface area contributed by atoms with E-state index in [9.17, 15) is 4.79 Å². The Kier molecular flexibility index (Phi) is 7.92. The highest BCUT2D eigenvalue weighted by molar-refractivity contribution is 5.94. The molecule has 1 aromatic carbocycles. The van der Waals surface area contributed by atoms with Crippen LogP contribution in [0.25, 0.3) is 0 Å². The van der Waals surface area contributed by atoms with E-state index in [1.165, 1.54) is 0 Å². The van der Waals surface area contributed by atoms with Crippen molar-refractivity contribution in [1.29, 1.82) is 0 Å². The molecule has 0 spiro atoms. The fourth-order valence-electron chi connectivity index (χ4n) is 2.03. The minimum atomic E-state index is -0.174. The normalized spacial score (nSPS) is 12.4. The smallest absolute Gasteiger partial charge is 0.241 e. The van der Waals surface area contributed by atoms with Gasteiger partial charge in [0.2, 0.25) is 5.91 Å². The molecule has 1 aromatic rings. The van der Waals surface area contributed by atoms with Crippen molar-refractivity contribution in [2.75, 3.05) is 31.5 Å². The molecule has 0 aliphatic carbocycles. The summed E-state index contributed by atoms with van der Waals surface area (Å²) in [4.78, 5) is 14.4.